The van der Waals surface area contributed by atoms with E-state index in [0.29, 0.717) is 13.1 Å². The molecule has 1 fully saturated rings. The third-order valence-corrected chi connectivity index (χ3v) is 4.25. The van der Waals surface area contributed by atoms with Crippen LogP contribution >= 0.6 is 0 Å². The lowest BCUT2D eigenvalue weighted by Gasteiger charge is -2.42. The summed E-state index contributed by atoms with van der Waals surface area (Å²) in [7, 11) is 0. The van der Waals surface area contributed by atoms with E-state index in [1.165, 1.54) is 12.1 Å². The molecule has 128 valence electrons. The minimum atomic E-state index is -4.30. The third-order valence-electron chi connectivity index (χ3n) is 4.25. The second kappa shape index (κ2) is 7.31. The van der Waals surface area contributed by atoms with E-state index in [2.05, 4.69) is 5.32 Å². The van der Waals surface area contributed by atoms with Crippen LogP contribution in [0, 0.1) is 0 Å². The molecule has 0 saturated heterocycles. The fourth-order valence-electron chi connectivity index (χ4n) is 2.80. The van der Waals surface area contributed by atoms with Crippen molar-refractivity contribution in [3.63, 3.8) is 0 Å². The fraction of sp³-hybridized carbons (Fsp3) is 0.562. The number of halogens is 3. The Morgan fingerprint density at radius 2 is 1.91 bits per heavy atom. The van der Waals surface area contributed by atoms with Gasteiger partial charge in [-0.2, -0.15) is 13.2 Å². The molecule has 0 amide bonds. The first-order chi connectivity index (χ1) is 10.8. The van der Waals surface area contributed by atoms with Crippen LogP contribution in [-0.4, -0.2) is 41.1 Å². The van der Waals surface area contributed by atoms with Gasteiger partial charge in [-0.05, 0) is 37.1 Å². The average molecular weight is 330 g/mol. The number of carboxylic acid groups (broad SMARTS) is 1. The number of benzene rings is 1. The quantitative estimate of drug-likeness (QED) is 0.807. The van der Waals surface area contributed by atoms with Gasteiger partial charge in [-0.15, -0.1) is 0 Å². The fourth-order valence-corrected chi connectivity index (χ4v) is 2.80. The van der Waals surface area contributed by atoms with Gasteiger partial charge in [0.25, 0.3) is 0 Å². The van der Waals surface area contributed by atoms with Crippen molar-refractivity contribution in [1.82, 2.24) is 10.2 Å². The molecular formula is C16H21F3N2O2. The molecule has 4 nitrogen and oxygen atoms in total. The second-order valence-corrected chi connectivity index (χ2v) is 5.85. The molecule has 23 heavy (non-hydrogen) atoms. The van der Waals surface area contributed by atoms with E-state index in [0.717, 1.165) is 30.5 Å². The molecule has 1 aliphatic carbocycles. The molecule has 0 aliphatic heterocycles. The van der Waals surface area contributed by atoms with Crippen LogP contribution in [0.3, 0.4) is 0 Å². The zero-order valence-corrected chi connectivity index (χ0v) is 12.9. The molecule has 1 aromatic carbocycles. The molecule has 1 saturated carbocycles. The lowest BCUT2D eigenvalue weighted by molar-refractivity contribution is -0.139. The molecule has 2 N–H and O–H groups in total. The minimum absolute atomic E-state index is 0.0484. The maximum absolute atomic E-state index is 12.5. The normalized spacial score (nSPS) is 21.3. The van der Waals surface area contributed by atoms with E-state index in [4.69, 9.17) is 5.11 Å². The highest BCUT2D eigenvalue weighted by Crippen LogP contribution is 2.29. The van der Waals surface area contributed by atoms with Crippen LogP contribution in [0.4, 0.5) is 13.2 Å². The highest BCUT2D eigenvalue weighted by atomic mass is 19.4. The van der Waals surface area contributed by atoms with Crippen molar-refractivity contribution in [3.8, 4) is 0 Å². The molecule has 7 heteroatoms. The van der Waals surface area contributed by atoms with Crippen LogP contribution < -0.4 is 5.32 Å². The Labute approximate surface area is 133 Å². The summed E-state index contributed by atoms with van der Waals surface area (Å²) in [5.74, 6) is -0.826. The second-order valence-electron chi connectivity index (χ2n) is 5.85. The first-order valence-electron chi connectivity index (χ1n) is 7.65. The van der Waals surface area contributed by atoms with Crippen molar-refractivity contribution in [2.75, 3.05) is 13.1 Å². The van der Waals surface area contributed by atoms with Gasteiger partial charge in [-0.25, -0.2) is 0 Å². The summed E-state index contributed by atoms with van der Waals surface area (Å²) in [4.78, 5) is 12.7. The summed E-state index contributed by atoms with van der Waals surface area (Å²) in [5.41, 5.74) is 0.163. The maximum Gasteiger partial charge on any atom is 0.416 e. The average Bonchev–Trinajstić information content (AvgIpc) is 2.43. The van der Waals surface area contributed by atoms with Crippen molar-refractivity contribution in [1.29, 1.82) is 0 Å². The van der Waals surface area contributed by atoms with Gasteiger partial charge in [0, 0.05) is 18.6 Å². The van der Waals surface area contributed by atoms with Crippen LogP contribution in [0.15, 0.2) is 24.3 Å². The van der Waals surface area contributed by atoms with Crippen LogP contribution in [0.25, 0.3) is 0 Å². The maximum atomic E-state index is 12.5. The smallest absolute Gasteiger partial charge is 0.416 e. The first kappa shape index (κ1) is 17.7. The van der Waals surface area contributed by atoms with E-state index in [9.17, 15) is 18.0 Å². The third kappa shape index (κ3) is 4.94. The van der Waals surface area contributed by atoms with Crippen LogP contribution in [0.2, 0.25) is 0 Å². The Hall–Kier alpha value is -1.60. The molecule has 0 heterocycles. The van der Waals surface area contributed by atoms with Crippen molar-refractivity contribution < 1.29 is 23.1 Å². The highest BCUT2D eigenvalue weighted by Gasteiger charge is 2.33. The van der Waals surface area contributed by atoms with Crippen molar-refractivity contribution in [2.24, 2.45) is 0 Å². The van der Waals surface area contributed by atoms with Crippen molar-refractivity contribution >= 4 is 5.97 Å². The Morgan fingerprint density at radius 1 is 1.30 bits per heavy atom. The Bertz CT molecular complexity index is 525. The molecule has 2 rings (SSSR count). The minimum Gasteiger partial charge on any atom is -0.480 e. The predicted molar refractivity (Wildman–Crippen MR) is 80.0 cm³/mol. The van der Waals surface area contributed by atoms with Crippen molar-refractivity contribution in [3.05, 3.63) is 35.4 Å². The number of likely N-dealkylation sites (N-methyl/N-ethyl adjacent to an activating group) is 1. The van der Waals surface area contributed by atoms with Gasteiger partial charge in [-0.3, -0.25) is 9.69 Å². The number of carbonyl (C=O) groups is 1. The molecule has 0 unspecified atom stereocenters. The number of carboxylic acids is 1. The highest BCUT2D eigenvalue weighted by molar-refractivity contribution is 5.69. The molecular weight excluding hydrogens is 309 g/mol. The van der Waals surface area contributed by atoms with E-state index < -0.39 is 17.7 Å². The molecule has 0 bridgehead atoms. The number of hydrogen-bond donors (Lipinski definition) is 2. The van der Waals surface area contributed by atoms with Gasteiger partial charge < -0.3 is 10.4 Å². The molecule has 0 radical (unpaired) electrons. The van der Waals surface area contributed by atoms with Gasteiger partial charge in [0.2, 0.25) is 0 Å². The monoisotopic (exact) mass is 330 g/mol. The number of rotatable bonds is 7. The Balaban J connectivity index is 1.75. The summed E-state index contributed by atoms with van der Waals surface area (Å²) in [5, 5.41) is 12.1. The van der Waals surface area contributed by atoms with E-state index in [-0.39, 0.29) is 18.6 Å². The van der Waals surface area contributed by atoms with Crippen molar-refractivity contribution in [2.45, 2.75) is 44.6 Å². The van der Waals surface area contributed by atoms with Gasteiger partial charge >= 0.3 is 12.1 Å². The van der Waals surface area contributed by atoms with E-state index in [1.807, 2.05) is 11.8 Å². The van der Waals surface area contributed by atoms with Crippen LogP contribution in [-0.2, 0) is 17.5 Å². The molecule has 1 aromatic rings. The largest absolute Gasteiger partial charge is 0.480 e. The SMILES string of the molecule is CCN(CC(=O)O)C1CC(NCc2ccc(C(F)(F)F)cc2)C1. The molecule has 0 aromatic heterocycles. The lowest BCUT2D eigenvalue weighted by atomic mass is 9.85. The summed E-state index contributed by atoms with van der Waals surface area (Å²) >= 11 is 0. The van der Waals surface area contributed by atoms with Gasteiger partial charge in [0.15, 0.2) is 0 Å². The number of nitrogens with one attached hydrogen (secondary N) is 1. The number of nitrogens with zero attached hydrogens (tertiary/aromatic N) is 1. The molecule has 0 spiro atoms. The van der Waals surface area contributed by atoms with Crippen LogP contribution in [0.1, 0.15) is 30.9 Å². The Morgan fingerprint density at radius 3 is 2.39 bits per heavy atom. The van der Waals surface area contributed by atoms with Gasteiger partial charge in [0.1, 0.15) is 0 Å². The zero-order chi connectivity index (χ0) is 17.0. The Kier molecular flexibility index (Phi) is 5.64. The van der Waals surface area contributed by atoms with E-state index >= 15 is 0 Å². The standard InChI is InChI=1S/C16H21F3N2O2/c1-2-21(10-15(22)23)14-7-13(8-14)20-9-11-3-5-12(6-4-11)16(17,18)19/h3-6,13-14,20H,2,7-10H2,1H3,(H,22,23). The topological polar surface area (TPSA) is 52.6 Å². The zero-order valence-electron chi connectivity index (χ0n) is 12.9. The number of alkyl halides is 3. The molecule has 0 atom stereocenters. The summed E-state index contributed by atoms with van der Waals surface area (Å²) < 4.78 is 37.4. The summed E-state index contributed by atoms with van der Waals surface area (Å²) in [6.07, 6.45) is -2.58. The number of aliphatic carboxylic acids is 1. The van der Waals surface area contributed by atoms with Gasteiger partial charge in [-0.1, -0.05) is 19.1 Å². The molecule has 1 aliphatic rings. The number of hydrogen-bond acceptors (Lipinski definition) is 3. The van der Waals surface area contributed by atoms with E-state index in [1.54, 1.807) is 0 Å². The lowest BCUT2D eigenvalue weighted by Crippen LogP contribution is -2.53. The predicted octanol–water partition coefficient (Wildman–Crippen LogP) is 2.73. The first-order valence-corrected chi connectivity index (χ1v) is 7.65. The summed E-state index contributed by atoms with van der Waals surface area (Å²) in [6.45, 7) is 3.20. The van der Waals surface area contributed by atoms with Gasteiger partial charge in [0.05, 0.1) is 12.1 Å². The summed E-state index contributed by atoms with van der Waals surface area (Å²) in [6, 6.07) is 5.69. The van der Waals surface area contributed by atoms with Crippen LogP contribution in [0.5, 0.6) is 0 Å².